The van der Waals surface area contributed by atoms with Crippen LogP contribution in [0.3, 0.4) is 0 Å². The van der Waals surface area contributed by atoms with Gasteiger partial charge in [0.15, 0.2) is 0 Å². The van der Waals surface area contributed by atoms with Gasteiger partial charge in [0.25, 0.3) is 0 Å². The second kappa shape index (κ2) is 5.30. The lowest BCUT2D eigenvalue weighted by Gasteiger charge is -2.11. The Balaban J connectivity index is 2.01. The average Bonchev–Trinajstić information content (AvgIpc) is 3.09. The number of aromatic carboxylic acids is 1. The molecule has 0 saturated heterocycles. The summed E-state index contributed by atoms with van der Waals surface area (Å²) in [6.45, 7) is 3.79. The molecule has 5 nitrogen and oxygen atoms in total. The van der Waals surface area contributed by atoms with E-state index in [4.69, 9.17) is 5.11 Å². The van der Waals surface area contributed by atoms with Crippen LogP contribution in [0.4, 0.5) is 10.5 Å². The molecule has 2 unspecified atom stereocenters. The third-order valence-electron chi connectivity index (χ3n) is 3.58. The number of hydrogen-bond donors (Lipinski definition) is 3. The van der Waals surface area contributed by atoms with Crippen molar-refractivity contribution in [3.8, 4) is 0 Å². The van der Waals surface area contributed by atoms with E-state index in [0.717, 1.165) is 12.8 Å². The minimum atomic E-state index is -0.991. The third kappa shape index (κ3) is 3.05. The van der Waals surface area contributed by atoms with Gasteiger partial charge in [-0.15, -0.1) is 0 Å². The zero-order valence-electron chi connectivity index (χ0n) is 11.1. The summed E-state index contributed by atoms with van der Waals surface area (Å²) in [4.78, 5) is 22.8. The van der Waals surface area contributed by atoms with Crippen molar-refractivity contribution in [2.45, 2.75) is 32.7 Å². The van der Waals surface area contributed by atoms with E-state index in [9.17, 15) is 9.59 Å². The molecule has 2 rings (SSSR count). The maximum Gasteiger partial charge on any atom is 0.336 e. The lowest BCUT2D eigenvalue weighted by molar-refractivity contribution is 0.0696. The molecule has 102 valence electrons. The number of carboxylic acids is 1. The molecule has 0 aliphatic heterocycles. The van der Waals surface area contributed by atoms with Gasteiger partial charge < -0.3 is 15.7 Å². The summed E-state index contributed by atoms with van der Waals surface area (Å²) in [7, 11) is 0. The van der Waals surface area contributed by atoms with Gasteiger partial charge in [-0.2, -0.15) is 0 Å². The molecule has 1 fully saturated rings. The quantitative estimate of drug-likeness (QED) is 0.780. The van der Waals surface area contributed by atoms with Crippen LogP contribution in [0.2, 0.25) is 0 Å². The second-order valence-corrected chi connectivity index (χ2v) is 4.89. The van der Waals surface area contributed by atoms with Gasteiger partial charge in [-0.25, -0.2) is 9.59 Å². The first kappa shape index (κ1) is 13.4. The predicted molar refractivity (Wildman–Crippen MR) is 72.5 cm³/mol. The third-order valence-corrected chi connectivity index (χ3v) is 3.58. The van der Waals surface area contributed by atoms with Crippen molar-refractivity contribution in [2.75, 3.05) is 5.32 Å². The van der Waals surface area contributed by atoms with Gasteiger partial charge in [0.1, 0.15) is 0 Å². The number of amides is 2. The number of carbonyl (C=O) groups excluding carboxylic acids is 1. The molecule has 1 aromatic carbocycles. The van der Waals surface area contributed by atoms with Gasteiger partial charge in [0.2, 0.25) is 0 Å². The molecule has 1 aliphatic carbocycles. The Morgan fingerprint density at radius 2 is 2.16 bits per heavy atom. The van der Waals surface area contributed by atoms with Crippen molar-refractivity contribution < 1.29 is 14.7 Å². The Hall–Kier alpha value is -2.04. The Morgan fingerprint density at radius 3 is 2.74 bits per heavy atom. The van der Waals surface area contributed by atoms with Crippen LogP contribution < -0.4 is 10.6 Å². The Labute approximate surface area is 112 Å². The van der Waals surface area contributed by atoms with Crippen LogP contribution in [0.25, 0.3) is 0 Å². The summed E-state index contributed by atoms with van der Waals surface area (Å²) >= 11 is 0. The van der Waals surface area contributed by atoms with Crippen LogP contribution in [0.1, 0.15) is 35.7 Å². The molecule has 1 aliphatic rings. The highest BCUT2D eigenvalue weighted by Gasteiger charge is 2.36. The molecule has 2 amide bonds. The van der Waals surface area contributed by atoms with Gasteiger partial charge >= 0.3 is 12.0 Å². The molecule has 5 heteroatoms. The molecule has 0 bridgehead atoms. The van der Waals surface area contributed by atoms with Gasteiger partial charge in [0, 0.05) is 11.7 Å². The van der Waals surface area contributed by atoms with Crippen LogP contribution in [-0.2, 0) is 0 Å². The van der Waals surface area contributed by atoms with E-state index in [1.165, 1.54) is 6.07 Å². The smallest absolute Gasteiger partial charge is 0.336 e. The molecule has 0 radical (unpaired) electrons. The fourth-order valence-electron chi connectivity index (χ4n) is 2.21. The minimum Gasteiger partial charge on any atom is -0.478 e. The summed E-state index contributed by atoms with van der Waals surface area (Å²) in [5.74, 6) is -0.410. The van der Waals surface area contributed by atoms with Crippen molar-refractivity contribution in [3.05, 3.63) is 29.3 Å². The fourth-order valence-corrected chi connectivity index (χ4v) is 2.21. The minimum absolute atomic E-state index is 0.204. The summed E-state index contributed by atoms with van der Waals surface area (Å²) in [5, 5.41) is 14.6. The van der Waals surface area contributed by atoms with Crippen LogP contribution in [0, 0.1) is 12.8 Å². The normalized spacial score (nSPS) is 20.7. The number of nitrogens with one attached hydrogen (secondary N) is 2. The molecule has 19 heavy (non-hydrogen) atoms. The second-order valence-electron chi connectivity index (χ2n) is 4.89. The monoisotopic (exact) mass is 262 g/mol. The summed E-state index contributed by atoms with van der Waals surface area (Å²) < 4.78 is 0. The van der Waals surface area contributed by atoms with Crippen molar-refractivity contribution in [2.24, 2.45) is 5.92 Å². The highest BCUT2D eigenvalue weighted by molar-refractivity contribution is 5.95. The first-order valence-corrected chi connectivity index (χ1v) is 6.43. The van der Waals surface area contributed by atoms with Crippen molar-refractivity contribution in [1.29, 1.82) is 0 Å². The SMILES string of the molecule is CCC1CC1NC(=O)Nc1cccc(C(=O)O)c1C. The van der Waals surface area contributed by atoms with Crippen LogP contribution in [0.15, 0.2) is 18.2 Å². The van der Waals surface area contributed by atoms with E-state index in [-0.39, 0.29) is 17.6 Å². The van der Waals surface area contributed by atoms with Crippen LogP contribution in [-0.4, -0.2) is 23.1 Å². The lowest BCUT2D eigenvalue weighted by Crippen LogP contribution is -2.31. The van der Waals surface area contributed by atoms with Crippen LogP contribution >= 0.6 is 0 Å². The van der Waals surface area contributed by atoms with Crippen molar-refractivity contribution in [1.82, 2.24) is 5.32 Å². The molecule has 0 spiro atoms. The topological polar surface area (TPSA) is 78.4 Å². The zero-order valence-corrected chi connectivity index (χ0v) is 11.1. The predicted octanol–water partition coefficient (Wildman–Crippen LogP) is 2.61. The molecular weight excluding hydrogens is 244 g/mol. The molecular formula is C14H18N2O3. The van der Waals surface area contributed by atoms with E-state index in [1.54, 1.807) is 19.1 Å². The largest absolute Gasteiger partial charge is 0.478 e. The van der Waals surface area contributed by atoms with Gasteiger partial charge in [-0.1, -0.05) is 19.4 Å². The summed E-state index contributed by atoms with van der Waals surface area (Å²) in [6, 6.07) is 4.83. The maximum absolute atomic E-state index is 11.8. The van der Waals surface area contributed by atoms with Gasteiger partial charge in [-0.05, 0) is 37.0 Å². The average molecular weight is 262 g/mol. The number of carbonyl (C=O) groups is 2. The van der Waals surface area contributed by atoms with E-state index in [2.05, 4.69) is 17.6 Å². The number of benzene rings is 1. The van der Waals surface area contributed by atoms with E-state index >= 15 is 0 Å². The number of carboxylic acid groups (broad SMARTS) is 1. The first-order valence-electron chi connectivity index (χ1n) is 6.43. The standard InChI is InChI=1S/C14H18N2O3/c1-3-9-7-12(9)16-14(19)15-11-6-4-5-10(8(11)2)13(17)18/h4-6,9,12H,3,7H2,1-2H3,(H,17,18)(H2,15,16,19). The highest BCUT2D eigenvalue weighted by Crippen LogP contribution is 2.33. The Bertz CT molecular complexity index is 513. The van der Waals surface area contributed by atoms with Crippen molar-refractivity contribution >= 4 is 17.7 Å². The summed E-state index contributed by atoms with van der Waals surface area (Å²) in [6.07, 6.45) is 2.09. The fraction of sp³-hybridized carbons (Fsp3) is 0.429. The van der Waals surface area contributed by atoms with Gasteiger partial charge in [-0.3, -0.25) is 0 Å². The number of anilines is 1. The van der Waals surface area contributed by atoms with E-state index in [0.29, 0.717) is 17.2 Å². The highest BCUT2D eigenvalue weighted by atomic mass is 16.4. The molecule has 1 saturated carbocycles. The molecule has 3 N–H and O–H groups in total. The van der Waals surface area contributed by atoms with Crippen molar-refractivity contribution in [3.63, 3.8) is 0 Å². The van der Waals surface area contributed by atoms with E-state index < -0.39 is 5.97 Å². The first-order chi connectivity index (χ1) is 9.02. The Morgan fingerprint density at radius 1 is 1.42 bits per heavy atom. The Kier molecular flexibility index (Phi) is 3.74. The molecule has 0 heterocycles. The molecule has 0 aromatic heterocycles. The van der Waals surface area contributed by atoms with Gasteiger partial charge in [0.05, 0.1) is 5.56 Å². The zero-order chi connectivity index (χ0) is 14.0. The number of hydrogen-bond acceptors (Lipinski definition) is 2. The number of urea groups is 1. The maximum atomic E-state index is 11.8. The number of rotatable bonds is 4. The van der Waals surface area contributed by atoms with Crippen LogP contribution in [0.5, 0.6) is 0 Å². The lowest BCUT2D eigenvalue weighted by atomic mass is 10.1. The summed E-state index contributed by atoms with van der Waals surface area (Å²) in [5.41, 5.74) is 1.30. The molecule has 1 aromatic rings. The van der Waals surface area contributed by atoms with E-state index in [1.807, 2.05) is 0 Å². The molecule has 2 atom stereocenters.